The Bertz CT molecular complexity index is 909. The lowest BCUT2D eigenvalue weighted by Crippen LogP contribution is -1.72. The Morgan fingerprint density at radius 1 is 0.850 bits per heavy atom. The van der Waals surface area contributed by atoms with Crippen LogP contribution in [0.15, 0.2) is 69.6 Å². The highest BCUT2D eigenvalue weighted by Crippen LogP contribution is 2.40. The van der Waals surface area contributed by atoms with Crippen LogP contribution in [-0.4, -0.2) is 0 Å². The standard InChI is InChI=1S/C17H10BrOP/c18-13-8-5-12(6-9-13)17-19-16-14-4-2-1-3-11(14)7-10-15(16)20-17/h1-10H. The van der Waals surface area contributed by atoms with Crippen LogP contribution in [0, 0.1) is 0 Å². The molecule has 0 aliphatic heterocycles. The molecule has 0 unspecified atom stereocenters. The van der Waals surface area contributed by atoms with Gasteiger partial charge in [-0.05, 0) is 43.9 Å². The monoisotopic (exact) mass is 340 g/mol. The number of hydrogen-bond donors (Lipinski definition) is 0. The number of fused-ring (bicyclic) bond motifs is 3. The van der Waals surface area contributed by atoms with Gasteiger partial charge in [-0.3, -0.25) is 0 Å². The van der Waals surface area contributed by atoms with E-state index < -0.39 is 0 Å². The van der Waals surface area contributed by atoms with Gasteiger partial charge in [0.2, 0.25) is 0 Å². The van der Waals surface area contributed by atoms with Gasteiger partial charge >= 0.3 is 0 Å². The van der Waals surface area contributed by atoms with Crippen LogP contribution in [0.3, 0.4) is 0 Å². The first kappa shape index (κ1) is 12.1. The number of hydrogen-bond acceptors (Lipinski definition) is 1. The zero-order chi connectivity index (χ0) is 13.5. The molecule has 0 spiro atoms. The van der Waals surface area contributed by atoms with Gasteiger partial charge in [-0.2, -0.15) is 0 Å². The highest BCUT2D eigenvalue weighted by Gasteiger charge is 2.09. The summed E-state index contributed by atoms with van der Waals surface area (Å²) in [6.45, 7) is 0. The Morgan fingerprint density at radius 3 is 2.50 bits per heavy atom. The van der Waals surface area contributed by atoms with Crippen molar-refractivity contribution in [2.45, 2.75) is 0 Å². The number of benzene rings is 3. The predicted molar refractivity (Wildman–Crippen MR) is 89.4 cm³/mol. The third kappa shape index (κ3) is 1.96. The van der Waals surface area contributed by atoms with Crippen LogP contribution < -0.4 is 0 Å². The summed E-state index contributed by atoms with van der Waals surface area (Å²) >= 11 is 3.46. The van der Waals surface area contributed by atoms with Gasteiger partial charge in [-0.15, -0.1) is 0 Å². The summed E-state index contributed by atoms with van der Waals surface area (Å²) in [6.07, 6.45) is 0. The molecule has 1 nitrogen and oxygen atoms in total. The van der Waals surface area contributed by atoms with E-state index in [0.717, 1.165) is 29.3 Å². The van der Waals surface area contributed by atoms with E-state index >= 15 is 0 Å². The molecule has 4 aromatic rings. The molecule has 96 valence electrons. The molecule has 0 atom stereocenters. The minimum Gasteiger partial charge on any atom is -0.450 e. The van der Waals surface area contributed by atoms with Gasteiger partial charge in [0.15, 0.2) is 5.49 Å². The molecular formula is C17H10BrOP. The Morgan fingerprint density at radius 2 is 1.65 bits per heavy atom. The Kier molecular flexibility index (Phi) is 2.87. The normalized spacial score (nSPS) is 11.7. The Hall–Kier alpha value is -1.63. The fourth-order valence-corrected chi connectivity index (χ4v) is 3.69. The number of rotatable bonds is 1. The van der Waals surface area contributed by atoms with Gasteiger partial charge in [0.1, 0.15) is 5.58 Å². The van der Waals surface area contributed by atoms with E-state index in [1.165, 1.54) is 15.9 Å². The minimum atomic E-state index is 1.00. The van der Waals surface area contributed by atoms with Gasteiger partial charge in [0.05, 0.1) is 0 Å². The van der Waals surface area contributed by atoms with Gasteiger partial charge in [-0.25, -0.2) is 0 Å². The topological polar surface area (TPSA) is 13.1 Å². The van der Waals surface area contributed by atoms with Crippen molar-refractivity contribution in [1.82, 2.24) is 0 Å². The molecule has 3 aromatic carbocycles. The summed E-state index contributed by atoms with van der Waals surface area (Å²) in [5, 5.41) is 3.64. The average Bonchev–Trinajstić information content (AvgIpc) is 2.92. The first-order valence-corrected chi connectivity index (χ1v) is 8.04. The fourth-order valence-electron chi connectivity index (χ4n) is 2.37. The predicted octanol–water partition coefficient (Wildman–Crippen LogP) is 6.60. The average molecular weight is 341 g/mol. The highest BCUT2D eigenvalue weighted by molar-refractivity contribution is 9.10. The largest absolute Gasteiger partial charge is 0.450 e. The maximum absolute atomic E-state index is 6.14. The van der Waals surface area contributed by atoms with Gasteiger partial charge in [0.25, 0.3) is 0 Å². The quantitative estimate of drug-likeness (QED) is 0.380. The van der Waals surface area contributed by atoms with Crippen LogP contribution in [0.4, 0.5) is 0 Å². The molecular weight excluding hydrogens is 331 g/mol. The van der Waals surface area contributed by atoms with Crippen LogP contribution in [0.5, 0.6) is 0 Å². The van der Waals surface area contributed by atoms with E-state index in [1.807, 2.05) is 12.1 Å². The third-order valence-corrected chi connectivity index (χ3v) is 5.05. The second kappa shape index (κ2) is 4.73. The van der Waals surface area contributed by atoms with Crippen molar-refractivity contribution < 1.29 is 4.42 Å². The molecule has 1 heterocycles. The molecule has 0 aliphatic carbocycles. The van der Waals surface area contributed by atoms with E-state index in [0.29, 0.717) is 0 Å². The summed E-state index contributed by atoms with van der Waals surface area (Å²) in [6, 6.07) is 20.9. The molecule has 3 heteroatoms. The molecule has 0 radical (unpaired) electrons. The van der Waals surface area contributed by atoms with Crippen molar-refractivity contribution in [3.05, 3.63) is 65.1 Å². The summed E-state index contributed by atoms with van der Waals surface area (Å²) in [7, 11) is 1.14. The molecule has 0 N–H and O–H groups in total. The van der Waals surface area contributed by atoms with E-state index in [9.17, 15) is 0 Å². The summed E-state index contributed by atoms with van der Waals surface area (Å²) in [4.78, 5) is 0. The highest BCUT2D eigenvalue weighted by atomic mass is 79.9. The lowest BCUT2D eigenvalue weighted by atomic mass is 10.1. The molecule has 0 amide bonds. The second-order valence-electron chi connectivity index (χ2n) is 4.66. The molecule has 0 bridgehead atoms. The molecule has 20 heavy (non-hydrogen) atoms. The van der Waals surface area contributed by atoms with Crippen molar-refractivity contribution in [3.63, 3.8) is 0 Å². The third-order valence-electron chi connectivity index (χ3n) is 3.37. The summed E-state index contributed by atoms with van der Waals surface area (Å²) in [5.41, 5.74) is 3.14. The van der Waals surface area contributed by atoms with Crippen molar-refractivity contribution in [1.29, 1.82) is 0 Å². The lowest BCUT2D eigenvalue weighted by molar-refractivity contribution is 0.642. The fraction of sp³-hybridized carbons (Fsp3) is 0. The number of halogens is 1. The van der Waals surface area contributed by atoms with E-state index in [4.69, 9.17) is 4.42 Å². The van der Waals surface area contributed by atoms with Crippen LogP contribution in [0.25, 0.3) is 32.5 Å². The zero-order valence-electron chi connectivity index (χ0n) is 10.5. The van der Waals surface area contributed by atoms with Crippen molar-refractivity contribution in [2.24, 2.45) is 0 Å². The molecule has 0 saturated heterocycles. The van der Waals surface area contributed by atoms with E-state index in [2.05, 4.69) is 64.5 Å². The summed E-state index contributed by atoms with van der Waals surface area (Å²) < 4.78 is 7.22. The molecule has 0 fully saturated rings. The maximum Gasteiger partial charge on any atom is 0.161 e. The first-order chi connectivity index (χ1) is 9.81. The second-order valence-corrected chi connectivity index (χ2v) is 6.69. The Balaban J connectivity index is 1.98. The molecule has 0 saturated carbocycles. The van der Waals surface area contributed by atoms with E-state index in [-0.39, 0.29) is 0 Å². The van der Waals surface area contributed by atoms with Crippen LogP contribution in [0.1, 0.15) is 0 Å². The minimum absolute atomic E-state index is 1.00. The Labute approximate surface area is 126 Å². The zero-order valence-corrected chi connectivity index (χ0v) is 13.0. The molecule has 4 rings (SSSR count). The maximum atomic E-state index is 6.14. The first-order valence-electron chi connectivity index (χ1n) is 6.35. The summed E-state index contributed by atoms with van der Waals surface area (Å²) in [5.74, 6) is 0. The molecule has 0 aliphatic rings. The molecule has 1 aromatic heterocycles. The lowest BCUT2D eigenvalue weighted by Gasteiger charge is -1.97. The van der Waals surface area contributed by atoms with Gasteiger partial charge in [-0.1, -0.05) is 46.3 Å². The van der Waals surface area contributed by atoms with Crippen LogP contribution in [0.2, 0.25) is 0 Å². The van der Waals surface area contributed by atoms with E-state index in [1.54, 1.807) is 0 Å². The van der Waals surface area contributed by atoms with Gasteiger partial charge < -0.3 is 4.42 Å². The van der Waals surface area contributed by atoms with Crippen molar-refractivity contribution in [2.75, 3.05) is 0 Å². The van der Waals surface area contributed by atoms with Crippen molar-refractivity contribution in [3.8, 4) is 11.1 Å². The van der Waals surface area contributed by atoms with Crippen LogP contribution >= 0.6 is 24.1 Å². The smallest absolute Gasteiger partial charge is 0.161 e. The van der Waals surface area contributed by atoms with Crippen molar-refractivity contribution >= 4 is 45.6 Å². The SMILES string of the molecule is Brc1ccc(-c2oc3c(ccc4ccccc43)p2)cc1. The van der Waals surface area contributed by atoms with Gasteiger partial charge in [0, 0.05) is 20.5 Å². The van der Waals surface area contributed by atoms with Crippen LogP contribution in [-0.2, 0) is 0 Å².